The highest BCUT2D eigenvalue weighted by molar-refractivity contribution is 8.00. The molecule has 0 aliphatic heterocycles. The first-order valence-electron chi connectivity index (χ1n) is 5.12. The highest BCUT2D eigenvalue weighted by atomic mass is 35.5. The van der Waals surface area contributed by atoms with E-state index in [1.807, 2.05) is 12.1 Å². The fourth-order valence-corrected chi connectivity index (χ4v) is 2.70. The summed E-state index contributed by atoms with van der Waals surface area (Å²) in [6, 6.07) is 5.90. The monoisotopic (exact) mass is 244 g/mol. The molecule has 0 aliphatic carbocycles. The molecule has 1 N–H and O–H groups in total. The third kappa shape index (κ3) is 4.06. The smallest absolute Gasteiger partial charge is 0.0553 e. The second-order valence-electron chi connectivity index (χ2n) is 3.94. The fourth-order valence-electron chi connectivity index (χ4n) is 1.40. The Hall–Kier alpha value is -0.180. The van der Waals surface area contributed by atoms with Crippen molar-refractivity contribution < 1.29 is 5.11 Å². The number of hydrogen-bond donors (Lipinski definition) is 1. The molecule has 1 aromatic rings. The van der Waals surface area contributed by atoms with Gasteiger partial charge in [-0.2, -0.15) is 0 Å². The van der Waals surface area contributed by atoms with Crippen molar-refractivity contribution in [1.82, 2.24) is 0 Å². The van der Waals surface area contributed by atoms with Crippen LogP contribution < -0.4 is 0 Å². The molecule has 0 fully saturated rings. The Morgan fingerprint density at radius 2 is 2.00 bits per heavy atom. The summed E-state index contributed by atoms with van der Waals surface area (Å²) in [5, 5.41) is 10.7. The van der Waals surface area contributed by atoms with Gasteiger partial charge < -0.3 is 5.11 Å². The number of rotatable bonds is 4. The van der Waals surface area contributed by atoms with E-state index in [0.29, 0.717) is 11.7 Å². The van der Waals surface area contributed by atoms with Crippen molar-refractivity contribution in [1.29, 1.82) is 0 Å². The van der Waals surface area contributed by atoms with Crippen LogP contribution in [0.1, 0.15) is 26.3 Å². The first-order chi connectivity index (χ1) is 7.00. The van der Waals surface area contributed by atoms with Crippen LogP contribution in [0.2, 0.25) is 5.02 Å². The van der Waals surface area contributed by atoms with E-state index in [1.165, 1.54) is 4.90 Å². The number of aliphatic hydroxyl groups is 1. The predicted octanol–water partition coefficient (Wildman–Crippen LogP) is 3.76. The molecule has 84 valence electrons. The lowest BCUT2D eigenvalue weighted by Crippen LogP contribution is -2.06. The van der Waals surface area contributed by atoms with E-state index in [4.69, 9.17) is 11.6 Å². The van der Waals surface area contributed by atoms with Gasteiger partial charge in [0, 0.05) is 21.6 Å². The molecule has 1 rings (SSSR count). The maximum absolute atomic E-state index is 9.42. The first-order valence-corrected chi connectivity index (χ1v) is 6.38. The van der Waals surface area contributed by atoms with Crippen LogP contribution in [0.15, 0.2) is 23.1 Å². The summed E-state index contributed by atoms with van der Waals surface area (Å²) in [6.45, 7) is 6.09. The quantitative estimate of drug-likeness (QED) is 0.814. The predicted molar refractivity (Wildman–Crippen MR) is 67.8 cm³/mol. The maximum atomic E-state index is 9.42. The van der Waals surface area contributed by atoms with Crippen LogP contribution in [-0.4, -0.2) is 16.5 Å². The number of thioether (sulfide) groups is 1. The minimum atomic E-state index is -0.351. The standard InChI is InChI=1S/C12H17ClOS/c1-8(2)15-12-6-4-5-11(13)10(12)7-9(3)14/h4-6,8-9,14H,7H2,1-3H3/t9-/m1/s1. The Labute approximate surface area is 101 Å². The molecule has 15 heavy (non-hydrogen) atoms. The fraction of sp³-hybridized carbons (Fsp3) is 0.500. The van der Waals surface area contributed by atoms with Crippen molar-refractivity contribution in [3.8, 4) is 0 Å². The van der Waals surface area contributed by atoms with Gasteiger partial charge in [0.05, 0.1) is 6.10 Å². The van der Waals surface area contributed by atoms with Crippen molar-refractivity contribution in [2.24, 2.45) is 0 Å². The summed E-state index contributed by atoms with van der Waals surface area (Å²) in [5.74, 6) is 0. The minimum Gasteiger partial charge on any atom is -0.393 e. The Kier molecular flexibility index (Phi) is 4.97. The molecule has 0 aliphatic rings. The molecule has 1 nitrogen and oxygen atoms in total. The first kappa shape index (κ1) is 12.9. The normalized spacial score (nSPS) is 13.2. The number of benzene rings is 1. The van der Waals surface area contributed by atoms with E-state index < -0.39 is 0 Å². The van der Waals surface area contributed by atoms with Crippen LogP contribution in [0.4, 0.5) is 0 Å². The average molecular weight is 245 g/mol. The van der Waals surface area contributed by atoms with Gasteiger partial charge in [0.15, 0.2) is 0 Å². The van der Waals surface area contributed by atoms with E-state index in [2.05, 4.69) is 19.9 Å². The summed E-state index contributed by atoms with van der Waals surface area (Å²) < 4.78 is 0. The zero-order valence-corrected chi connectivity index (χ0v) is 10.9. The molecular formula is C12H17ClOS. The lowest BCUT2D eigenvalue weighted by molar-refractivity contribution is 0.195. The molecule has 0 aromatic heterocycles. The molecular weight excluding hydrogens is 228 g/mol. The molecule has 0 bridgehead atoms. The number of halogens is 1. The van der Waals surface area contributed by atoms with Gasteiger partial charge in [0.25, 0.3) is 0 Å². The maximum Gasteiger partial charge on any atom is 0.0553 e. The lowest BCUT2D eigenvalue weighted by atomic mass is 10.1. The molecule has 1 atom stereocenters. The molecule has 0 saturated heterocycles. The summed E-state index contributed by atoms with van der Waals surface area (Å²) in [4.78, 5) is 1.18. The van der Waals surface area contributed by atoms with Gasteiger partial charge in [-0.05, 0) is 24.6 Å². The topological polar surface area (TPSA) is 20.2 Å². The van der Waals surface area contributed by atoms with E-state index in [0.717, 1.165) is 10.6 Å². The molecule has 0 spiro atoms. The summed E-state index contributed by atoms with van der Waals surface area (Å²) in [6.07, 6.45) is 0.269. The zero-order chi connectivity index (χ0) is 11.4. The summed E-state index contributed by atoms with van der Waals surface area (Å²) in [7, 11) is 0. The number of hydrogen-bond acceptors (Lipinski definition) is 2. The number of aliphatic hydroxyl groups excluding tert-OH is 1. The Balaban J connectivity index is 2.97. The van der Waals surface area contributed by atoms with Gasteiger partial charge in [-0.1, -0.05) is 31.5 Å². The Bertz CT molecular complexity index is 323. The van der Waals surface area contributed by atoms with Gasteiger partial charge in [-0.25, -0.2) is 0 Å². The molecule has 0 radical (unpaired) electrons. The Morgan fingerprint density at radius 3 is 2.53 bits per heavy atom. The van der Waals surface area contributed by atoms with Crippen molar-refractivity contribution in [3.63, 3.8) is 0 Å². The summed E-state index contributed by atoms with van der Waals surface area (Å²) >= 11 is 7.92. The minimum absolute atomic E-state index is 0.351. The second-order valence-corrected chi connectivity index (χ2v) is 5.96. The lowest BCUT2D eigenvalue weighted by Gasteiger charge is -2.14. The second kappa shape index (κ2) is 5.78. The SMILES string of the molecule is CC(C)Sc1cccc(Cl)c1C[C@@H](C)O. The molecule has 0 unspecified atom stereocenters. The van der Waals surface area contributed by atoms with Crippen LogP contribution in [0.5, 0.6) is 0 Å². The van der Waals surface area contributed by atoms with E-state index in [9.17, 15) is 5.11 Å². The van der Waals surface area contributed by atoms with E-state index >= 15 is 0 Å². The summed E-state index contributed by atoms with van der Waals surface area (Å²) in [5.41, 5.74) is 1.06. The van der Waals surface area contributed by atoms with E-state index in [-0.39, 0.29) is 6.10 Å². The van der Waals surface area contributed by atoms with E-state index in [1.54, 1.807) is 18.7 Å². The highest BCUT2D eigenvalue weighted by Crippen LogP contribution is 2.31. The van der Waals surface area contributed by atoms with Gasteiger partial charge in [0.2, 0.25) is 0 Å². The zero-order valence-electron chi connectivity index (χ0n) is 9.33. The van der Waals surface area contributed by atoms with Gasteiger partial charge in [-0.3, -0.25) is 0 Å². The van der Waals surface area contributed by atoms with Crippen molar-refractivity contribution >= 4 is 23.4 Å². The van der Waals surface area contributed by atoms with Crippen molar-refractivity contribution in [2.45, 2.75) is 43.4 Å². The average Bonchev–Trinajstić information content (AvgIpc) is 2.09. The van der Waals surface area contributed by atoms with Gasteiger partial charge in [-0.15, -0.1) is 11.8 Å². The van der Waals surface area contributed by atoms with Crippen LogP contribution in [-0.2, 0) is 6.42 Å². The largest absolute Gasteiger partial charge is 0.393 e. The van der Waals surface area contributed by atoms with Crippen LogP contribution in [0.25, 0.3) is 0 Å². The molecule has 0 heterocycles. The van der Waals surface area contributed by atoms with Gasteiger partial charge in [0.1, 0.15) is 0 Å². The van der Waals surface area contributed by atoms with Crippen LogP contribution in [0, 0.1) is 0 Å². The van der Waals surface area contributed by atoms with Crippen LogP contribution in [0.3, 0.4) is 0 Å². The van der Waals surface area contributed by atoms with Crippen molar-refractivity contribution in [2.75, 3.05) is 0 Å². The molecule has 3 heteroatoms. The third-order valence-electron chi connectivity index (χ3n) is 1.94. The third-order valence-corrected chi connectivity index (χ3v) is 3.40. The molecule has 0 saturated carbocycles. The highest BCUT2D eigenvalue weighted by Gasteiger charge is 2.11. The van der Waals surface area contributed by atoms with Crippen molar-refractivity contribution in [3.05, 3.63) is 28.8 Å². The van der Waals surface area contributed by atoms with Gasteiger partial charge >= 0.3 is 0 Å². The Morgan fingerprint density at radius 1 is 1.33 bits per heavy atom. The van der Waals surface area contributed by atoms with Crippen LogP contribution >= 0.6 is 23.4 Å². The molecule has 0 amide bonds. The molecule has 1 aromatic carbocycles.